The van der Waals surface area contributed by atoms with Crippen LogP contribution in [0.25, 0.3) is 22.0 Å². The van der Waals surface area contributed by atoms with Gasteiger partial charge >= 0.3 is 0 Å². The lowest BCUT2D eigenvalue weighted by Gasteiger charge is -2.22. The molecule has 7 heterocycles. The molecule has 41 heteroatoms. The second kappa shape index (κ2) is 48.1. The second-order valence-corrected chi connectivity index (χ2v) is 30.3. The van der Waals surface area contributed by atoms with Crippen molar-refractivity contribution >= 4 is 98.6 Å². The van der Waals surface area contributed by atoms with E-state index in [4.69, 9.17) is 47.4 Å². The number of pyridine rings is 1. The van der Waals surface area contributed by atoms with Gasteiger partial charge in [-0.2, -0.15) is 0 Å². The smallest absolute Gasteiger partial charge is 0.291 e. The number of amides is 9. The second-order valence-electron chi connectivity index (χ2n) is 30.3. The number of imidazole rings is 3. The predicted molar refractivity (Wildman–Crippen MR) is 474 cm³/mol. The first kappa shape index (κ1) is 97.9. The molecule has 0 aliphatic carbocycles. The van der Waals surface area contributed by atoms with Crippen LogP contribution in [-0.2, 0) is 112 Å². The third-order valence-electron chi connectivity index (χ3n) is 19.8. The van der Waals surface area contributed by atoms with E-state index in [2.05, 4.69) is 62.8 Å². The zero-order valence-corrected chi connectivity index (χ0v) is 74.1. The van der Waals surface area contributed by atoms with Crippen LogP contribution in [0.1, 0.15) is 116 Å². The topological polar surface area (TPSA) is 465 Å². The Labute approximate surface area is 743 Å². The van der Waals surface area contributed by atoms with Crippen LogP contribution in [0.3, 0.4) is 0 Å². The molecule has 692 valence electrons. The number of aliphatic hydroxyl groups is 1. The average molecular weight is 1790 g/mol. The lowest BCUT2D eigenvalue weighted by Crippen LogP contribution is -2.33. The SMILES string of the molecule is CCn1c(C(=O)Nc2ccc(OCCOCCOCCOCCOCCOCCOCCOCCOCCNC(=O)CCNC(=O)c3nc(NC(=O)CCNC(=O)c4cc(NC(=O)c5nc(NC(=O)CCC(=O)Nc6cc(NC(=O)c7nccn7C)cn6C)cn5C)cn4C)cn3C)cc2)cc2c(-c3cc(C(C)(C)O)ccc3Oc3c(C)cc(F)cc3C)cn(C)c(=O)c21. The first-order chi connectivity index (χ1) is 61.9. The van der Waals surface area contributed by atoms with Crippen molar-refractivity contribution in [2.24, 2.45) is 42.3 Å². The minimum atomic E-state index is -1.23. The van der Waals surface area contributed by atoms with Crippen LogP contribution < -0.4 is 62.9 Å². The highest BCUT2D eigenvalue weighted by Crippen LogP contribution is 2.42. The molecule has 0 aliphatic heterocycles. The van der Waals surface area contributed by atoms with Crippen molar-refractivity contribution in [2.75, 3.05) is 164 Å². The lowest BCUT2D eigenvalue weighted by atomic mass is 9.93. The Bertz CT molecular complexity index is 5580. The van der Waals surface area contributed by atoms with E-state index in [0.29, 0.717) is 179 Å². The number of ether oxygens (including phenoxy) is 10. The summed E-state index contributed by atoms with van der Waals surface area (Å²) in [5.74, 6) is -2.72. The quantitative estimate of drug-likeness (QED) is 0.0171. The molecule has 0 radical (unpaired) electrons. The third-order valence-corrected chi connectivity index (χ3v) is 19.8. The lowest BCUT2D eigenvalue weighted by molar-refractivity contribution is -0.121. The summed E-state index contributed by atoms with van der Waals surface area (Å²) in [7, 11) is 9.71. The Morgan fingerprint density at radius 1 is 0.442 bits per heavy atom. The van der Waals surface area contributed by atoms with Crippen LogP contribution in [0.5, 0.6) is 17.2 Å². The van der Waals surface area contributed by atoms with Crippen LogP contribution in [0.2, 0.25) is 0 Å². The Balaban J connectivity index is 0.480. The summed E-state index contributed by atoms with van der Waals surface area (Å²) in [6, 6.07) is 19.7. The number of hydrogen-bond acceptors (Lipinski definition) is 24. The van der Waals surface area contributed by atoms with Crippen molar-refractivity contribution in [3.8, 4) is 28.4 Å². The fourth-order valence-corrected chi connectivity index (χ4v) is 13.3. The van der Waals surface area contributed by atoms with E-state index in [1.807, 2.05) is 6.92 Å². The highest BCUT2D eigenvalue weighted by Gasteiger charge is 2.28. The molecule has 7 aromatic heterocycles. The zero-order chi connectivity index (χ0) is 92.7. The molecule has 0 atom stereocenters. The molecule has 10 aromatic rings. The van der Waals surface area contributed by atoms with Gasteiger partial charge in [-0.3, -0.25) is 47.9 Å². The summed E-state index contributed by atoms with van der Waals surface area (Å²) >= 11 is 0. The van der Waals surface area contributed by atoms with Gasteiger partial charge in [-0.1, -0.05) is 6.07 Å². The Morgan fingerprint density at radius 2 is 0.938 bits per heavy atom. The molecule has 0 aliphatic rings. The Morgan fingerprint density at radius 3 is 1.49 bits per heavy atom. The number of fused-ring (bicyclic) bond motifs is 1. The number of aryl methyl sites for hydroxylation is 9. The van der Waals surface area contributed by atoms with Crippen molar-refractivity contribution in [1.82, 2.24) is 62.9 Å². The molecular formula is C88H112FN19O21. The highest BCUT2D eigenvalue weighted by molar-refractivity contribution is 6.09. The molecule has 0 unspecified atom stereocenters. The van der Waals surface area contributed by atoms with Crippen molar-refractivity contribution in [2.45, 2.75) is 72.4 Å². The van der Waals surface area contributed by atoms with E-state index in [-0.39, 0.29) is 122 Å². The molecule has 129 heavy (non-hydrogen) atoms. The number of halogens is 1. The highest BCUT2D eigenvalue weighted by atomic mass is 19.1. The fraction of sp³-hybridized carbons (Fsp3) is 0.420. The summed E-state index contributed by atoms with van der Waals surface area (Å²) < 4.78 is 81.9. The molecule has 0 saturated carbocycles. The number of nitrogens with one attached hydrogen (secondary N) is 9. The minimum absolute atomic E-state index is 0.0112. The number of aromatic nitrogens is 10. The number of nitrogens with zero attached hydrogens (tertiary/aromatic N) is 10. The van der Waals surface area contributed by atoms with E-state index >= 15 is 0 Å². The molecule has 0 saturated heterocycles. The molecular weight excluding hydrogens is 1680 g/mol. The van der Waals surface area contributed by atoms with E-state index in [1.54, 1.807) is 157 Å². The largest absolute Gasteiger partial charge is 0.491 e. The van der Waals surface area contributed by atoms with Gasteiger partial charge in [-0.05, 0) is 112 Å². The standard InChI is InChI=1S/C88H112FN19O21/c1-12-108-68(50-65-66(53-107(11)87(118)77(65)108)64-47-58(88(4,5)119)13-18-69(64)129-78-56(2)45-59(89)46-57(78)3)83(114)94-60-14-16-63(17-15-60)128-44-43-127-42-41-126-40-39-125-38-37-124-36-35-123-34-33-122-32-31-121-30-29-120-28-26-90-73(109)21-23-93-84(115)80-99-71(54-105(80)9)98-76(112)22-24-92-82(113)67-48-61(51-103(67)7)95-86(117)81-100-70(55-106(81)10)97-74(110)19-20-75(111)101-72-49-62(52-104(72)8)96-85(116)79-91-25-27-102(79)6/h13-18,25,27,45-55,119H,12,19-24,26,28-44H2,1-11H3,(H,90,109)(H,92,113)(H,93,115)(H,94,114)(H,95,117)(H,96,116)(H,97,110)(H,98,112)(H,101,111). The molecule has 10 rings (SSSR count). The summed E-state index contributed by atoms with van der Waals surface area (Å²) in [4.78, 5) is 143. The van der Waals surface area contributed by atoms with E-state index in [9.17, 15) is 57.4 Å². The minimum Gasteiger partial charge on any atom is -0.491 e. The summed E-state index contributed by atoms with van der Waals surface area (Å²) in [5.41, 5.74) is 3.31. The Kier molecular flexibility index (Phi) is 36.5. The van der Waals surface area contributed by atoms with E-state index in [0.717, 1.165) is 0 Å². The predicted octanol–water partition coefficient (Wildman–Crippen LogP) is 7.00. The number of benzene rings is 3. The maximum absolute atomic E-state index is 14.3. The van der Waals surface area contributed by atoms with Gasteiger partial charge in [-0.15, -0.1) is 0 Å². The van der Waals surface area contributed by atoms with Gasteiger partial charge in [0.15, 0.2) is 17.5 Å². The number of carbonyl (C=O) groups excluding carboxylic acids is 9. The van der Waals surface area contributed by atoms with Crippen molar-refractivity contribution in [1.29, 1.82) is 0 Å². The number of carbonyl (C=O) groups is 9. The summed E-state index contributed by atoms with van der Waals surface area (Å²) in [6.45, 7) is 15.3. The Hall–Kier alpha value is -13.3. The van der Waals surface area contributed by atoms with Crippen LogP contribution in [0.15, 0.2) is 121 Å². The molecule has 9 amide bonds. The van der Waals surface area contributed by atoms with Crippen molar-refractivity contribution < 1.29 is 100 Å². The number of rotatable bonds is 53. The normalized spacial score (nSPS) is 11.4. The van der Waals surface area contributed by atoms with Gasteiger partial charge in [0.1, 0.15) is 52.4 Å². The molecule has 10 N–H and O–H groups in total. The first-order valence-electron chi connectivity index (χ1n) is 41.8. The first-order valence-corrected chi connectivity index (χ1v) is 41.8. The maximum Gasteiger partial charge on any atom is 0.291 e. The van der Waals surface area contributed by atoms with Gasteiger partial charge in [0.2, 0.25) is 35.3 Å². The number of anilines is 6. The fourth-order valence-electron chi connectivity index (χ4n) is 13.3. The molecule has 40 nitrogen and oxygen atoms in total. The van der Waals surface area contributed by atoms with E-state index in [1.165, 1.54) is 61.3 Å². The molecule has 0 fully saturated rings. The van der Waals surface area contributed by atoms with Crippen LogP contribution in [0, 0.1) is 19.7 Å². The van der Waals surface area contributed by atoms with Gasteiger partial charge in [0, 0.05) is 166 Å². The van der Waals surface area contributed by atoms with E-state index < -0.39 is 52.9 Å². The van der Waals surface area contributed by atoms with Crippen LogP contribution in [-0.4, -0.2) is 237 Å². The summed E-state index contributed by atoms with van der Waals surface area (Å²) in [6.07, 6.45) is 10.2. The zero-order valence-electron chi connectivity index (χ0n) is 74.1. The van der Waals surface area contributed by atoms with Crippen molar-refractivity contribution in [3.05, 3.63) is 178 Å². The average Bonchev–Trinajstić information content (AvgIpc) is 1.61. The van der Waals surface area contributed by atoms with Crippen LogP contribution >= 0.6 is 0 Å². The molecule has 3 aromatic carbocycles. The molecule has 0 bridgehead atoms. The maximum atomic E-state index is 14.3. The third kappa shape index (κ3) is 29.1. The van der Waals surface area contributed by atoms with Crippen molar-refractivity contribution in [3.63, 3.8) is 0 Å². The van der Waals surface area contributed by atoms with Crippen LogP contribution in [0.4, 0.5) is 38.9 Å². The van der Waals surface area contributed by atoms with Gasteiger partial charge in [-0.25, -0.2) is 19.3 Å². The van der Waals surface area contributed by atoms with Gasteiger partial charge < -0.3 is 132 Å². The van der Waals surface area contributed by atoms with Gasteiger partial charge in [0.25, 0.3) is 35.1 Å². The van der Waals surface area contributed by atoms with Gasteiger partial charge in [0.05, 0.1) is 123 Å². The monoisotopic (exact) mass is 1790 g/mol. The summed E-state index contributed by atoms with van der Waals surface area (Å²) in [5, 5.41) is 35.9. The molecule has 0 spiro atoms. The number of hydrogen-bond donors (Lipinski definition) is 10.